The van der Waals surface area contributed by atoms with Gasteiger partial charge in [0.25, 0.3) is 5.91 Å². The molecule has 0 radical (unpaired) electrons. The minimum absolute atomic E-state index is 0.0216. The van der Waals surface area contributed by atoms with Crippen LogP contribution in [0, 0.1) is 11.6 Å². The van der Waals surface area contributed by atoms with Gasteiger partial charge in [-0.25, -0.2) is 8.78 Å². The van der Waals surface area contributed by atoms with Crippen LogP contribution >= 0.6 is 0 Å². The van der Waals surface area contributed by atoms with Gasteiger partial charge in [0.05, 0.1) is 13.1 Å². The Morgan fingerprint density at radius 1 is 1.06 bits per heavy atom. The number of ether oxygens (including phenoxy) is 3. The topological polar surface area (TPSA) is 74.6 Å². The number of aromatic nitrogens is 2. The summed E-state index contributed by atoms with van der Waals surface area (Å²) in [6.45, 7) is 0.373. The molecule has 7 nitrogen and oxygen atoms in total. The Bertz CT molecular complexity index is 1020. The standard InChI is InChI=1S/C22H23F2N3O4/c1-29-20(30-2)11-25-21(28)19-13-27(12-15-5-3-7-17(23)9-15)26-22(19)31-14-16-6-4-8-18(24)10-16/h3-10,13,20H,11-12,14H2,1-2H3,(H,25,28). The normalized spacial score (nSPS) is 11.0. The first-order chi connectivity index (χ1) is 15.0. The summed E-state index contributed by atoms with van der Waals surface area (Å²) in [7, 11) is 2.93. The number of nitrogens with one attached hydrogen (secondary N) is 1. The molecule has 3 rings (SSSR count). The first-order valence-corrected chi connectivity index (χ1v) is 9.51. The minimum Gasteiger partial charge on any atom is -0.471 e. The molecule has 1 N–H and O–H groups in total. The average molecular weight is 431 g/mol. The number of carbonyl (C=O) groups is 1. The van der Waals surface area contributed by atoms with Gasteiger partial charge >= 0.3 is 0 Å². The summed E-state index contributed by atoms with van der Waals surface area (Å²) in [5.41, 5.74) is 1.44. The highest BCUT2D eigenvalue weighted by atomic mass is 19.1. The van der Waals surface area contributed by atoms with Gasteiger partial charge in [-0.15, -0.1) is 5.10 Å². The molecule has 0 fully saturated rings. The lowest BCUT2D eigenvalue weighted by atomic mass is 10.2. The first-order valence-electron chi connectivity index (χ1n) is 9.51. The molecule has 0 spiro atoms. The molecule has 1 amide bonds. The minimum atomic E-state index is -0.608. The Kier molecular flexibility index (Phi) is 7.69. The highest BCUT2D eigenvalue weighted by Gasteiger charge is 2.19. The van der Waals surface area contributed by atoms with E-state index in [9.17, 15) is 13.6 Å². The number of amides is 1. The molecule has 1 aromatic heterocycles. The van der Waals surface area contributed by atoms with Crippen molar-refractivity contribution in [1.29, 1.82) is 0 Å². The molecule has 9 heteroatoms. The zero-order chi connectivity index (χ0) is 22.2. The maximum absolute atomic E-state index is 13.5. The molecule has 0 saturated carbocycles. The van der Waals surface area contributed by atoms with Gasteiger partial charge in [0, 0.05) is 20.4 Å². The smallest absolute Gasteiger partial charge is 0.258 e. The third-order valence-electron chi connectivity index (χ3n) is 4.43. The summed E-state index contributed by atoms with van der Waals surface area (Å²) in [6.07, 6.45) is 0.901. The molecular formula is C22H23F2N3O4. The second-order valence-corrected chi connectivity index (χ2v) is 6.71. The van der Waals surface area contributed by atoms with E-state index in [0.717, 1.165) is 0 Å². The van der Waals surface area contributed by atoms with E-state index in [-0.39, 0.29) is 42.8 Å². The third kappa shape index (κ3) is 6.34. The van der Waals surface area contributed by atoms with E-state index in [0.29, 0.717) is 11.1 Å². The number of halogens is 2. The van der Waals surface area contributed by atoms with Gasteiger partial charge < -0.3 is 19.5 Å². The van der Waals surface area contributed by atoms with Crippen LogP contribution < -0.4 is 10.1 Å². The average Bonchev–Trinajstić information content (AvgIpc) is 3.15. The van der Waals surface area contributed by atoms with Crippen LogP contribution in [0.5, 0.6) is 5.88 Å². The molecule has 3 aromatic rings. The zero-order valence-electron chi connectivity index (χ0n) is 17.2. The van der Waals surface area contributed by atoms with Crippen LogP contribution in [0.25, 0.3) is 0 Å². The van der Waals surface area contributed by atoms with E-state index in [1.54, 1.807) is 24.3 Å². The number of benzene rings is 2. The Morgan fingerprint density at radius 3 is 2.35 bits per heavy atom. The van der Waals surface area contributed by atoms with Crippen LogP contribution in [-0.2, 0) is 22.6 Å². The Labute approximate surface area is 178 Å². The third-order valence-corrected chi connectivity index (χ3v) is 4.43. The molecule has 1 heterocycles. The van der Waals surface area contributed by atoms with E-state index >= 15 is 0 Å². The lowest BCUT2D eigenvalue weighted by Gasteiger charge is -2.13. The lowest BCUT2D eigenvalue weighted by Crippen LogP contribution is -2.34. The molecule has 0 aliphatic heterocycles. The van der Waals surface area contributed by atoms with Crippen molar-refractivity contribution in [1.82, 2.24) is 15.1 Å². The fraction of sp³-hybridized carbons (Fsp3) is 0.273. The molecule has 0 aliphatic carbocycles. The van der Waals surface area contributed by atoms with Crippen molar-refractivity contribution >= 4 is 5.91 Å². The van der Waals surface area contributed by atoms with Gasteiger partial charge in [-0.2, -0.15) is 0 Å². The summed E-state index contributed by atoms with van der Waals surface area (Å²) in [5.74, 6) is -1.13. The first kappa shape index (κ1) is 22.4. The quantitative estimate of drug-likeness (QED) is 0.500. The van der Waals surface area contributed by atoms with E-state index < -0.39 is 12.2 Å². The van der Waals surface area contributed by atoms with Crippen LogP contribution in [-0.4, -0.2) is 42.7 Å². The van der Waals surface area contributed by atoms with Gasteiger partial charge in [-0.3, -0.25) is 9.48 Å². The number of methoxy groups -OCH3 is 2. The Morgan fingerprint density at radius 2 is 1.71 bits per heavy atom. The number of rotatable bonds is 10. The molecule has 0 unspecified atom stereocenters. The van der Waals surface area contributed by atoms with Gasteiger partial charge in [0.15, 0.2) is 6.29 Å². The Hall–Kier alpha value is -3.30. The maximum atomic E-state index is 13.5. The van der Waals surface area contributed by atoms with Gasteiger partial charge in [0.2, 0.25) is 5.88 Å². The van der Waals surface area contributed by atoms with Gasteiger partial charge in [-0.05, 0) is 35.4 Å². The molecule has 0 bridgehead atoms. The van der Waals surface area contributed by atoms with Crippen molar-refractivity contribution in [3.05, 3.63) is 83.1 Å². The molecule has 0 aliphatic rings. The van der Waals surface area contributed by atoms with Crippen molar-refractivity contribution in [3.8, 4) is 5.88 Å². The summed E-state index contributed by atoms with van der Waals surface area (Å²) in [6, 6.07) is 12.0. The fourth-order valence-corrected chi connectivity index (χ4v) is 2.88. The fourth-order valence-electron chi connectivity index (χ4n) is 2.88. The highest BCUT2D eigenvalue weighted by molar-refractivity contribution is 5.96. The predicted octanol–water partition coefficient (Wildman–Crippen LogP) is 3.14. The Balaban J connectivity index is 1.79. The molecule has 164 valence electrons. The second-order valence-electron chi connectivity index (χ2n) is 6.71. The van der Waals surface area contributed by atoms with Crippen molar-refractivity contribution in [2.45, 2.75) is 19.4 Å². The number of nitrogens with zero attached hydrogens (tertiary/aromatic N) is 2. The summed E-state index contributed by atoms with van der Waals surface area (Å²) >= 11 is 0. The summed E-state index contributed by atoms with van der Waals surface area (Å²) in [4.78, 5) is 12.7. The molecule has 2 aromatic carbocycles. The van der Waals surface area contributed by atoms with E-state index in [1.807, 2.05) is 0 Å². The lowest BCUT2D eigenvalue weighted by molar-refractivity contribution is -0.0974. The molecule has 31 heavy (non-hydrogen) atoms. The van der Waals surface area contributed by atoms with Crippen molar-refractivity contribution in [2.75, 3.05) is 20.8 Å². The van der Waals surface area contributed by atoms with E-state index in [1.165, 1.54) is 49.4 Å². The van der Waals surface area contributed by atoms with Crippen molar-refractivity contribution in [2.24, 2.45) is 0 Å². The van der Waals surface area contributed by atoms with Crippen LogP contribution in [0.3, 0.4) is 0 Å². The van der Waals surface area contributed by atoms with E-state index in [2.05, 4.69) is 10.4 Å². The maximum Gasteiger partial charge on any atom is 0.258 e. The zero-order valence-corrected chi connectivity index (χ0v) is 17.2. The van der Waals surface area contributed by atoms with Crippen LogP contribution in [0.15, 0.2) is 54.7 Å². The highest BCUT2D eigenvalue weighted by Crippen LogP contribution is 2.19. The van der Waals surface area contributed by atoms with E-state index in [4.69, 9.17) is 14.2 Å². The molecular weight excluding hydrogens is 408 g/mol. The summed E-state index contributed by atoms with van der Waals surface area (Å²) < 4.78 is 44.2. The van der Waals surface area contributed by atoms with Crippen LogP contribution in [0.1, 0.15) is 21.5 Å². The number of hydrogen-bond acceptors (Lipinski definition) is 5. The molecule has 0 saturated heterocycles. The van der Waals surface area contributed by atoms with Gasteiger partial charge in [0.1, 0.15) is 23.8 Å². The number of carbonyl (C=O) groups excluding carboxylic acids is 1. The summed E-state index contributed by atoms with van der Waals surface area (Å²) in [5, 5.41) is 7.01. The van der Waals surface area contributed by atoms with Gasteiger partial charge in [-0.1, -0.05) is 24.3 Å². The van der Waals surface area contributed by atoms with Crippen LogP contribution in [0.4, 0.5) is 8.78 Å². The number of hydrogen-bond donors (Lipinski definition) is 1. The molecule has 0 atom stereocenters. The monoisotopic (exact) mass is 431 g/mol. The predicted molar refractivity (Wildman–Crippen MR) is 109 cm³/mol. The van der Waals surface area contributed by atoms with Crippen molar-refractivity contribution in [3.63, 3.8) is 0 Å². The second kappa shape index (κ2) is 10.6. The van der Waals surface area contributed by atoms with Crippen molar-refractivity contribution < 1.29 is 27.8 Å². The SMILES string of the molecule is COC(CNC(=O)c1cn(Cc2cccc(F)c2)nc1OCc1cccc(F)c1)OC. The van der Waals surface area contributed by atoms with Crippen LogP contribution in [0.2, 0.25) is 0 Å². The largest absolute Gasteiger partial charge is 0.471 e.